The van der Waals surface area contributed by atoms with Crippen LogP contribution in [-0.2, 0) is 9.53 Å². The Bertz CT molecular complexity index is 161. The molecule has 0 radical (unpaired) electrons. The highest BCUT2D eigenvalue weighted by Crippen LogP contribution is 2.08. The molecular weight excluding hydrogens is 222 g/mol. The zero-order chi connectivity index (χ0) is 12.2. The van der Waals surface area contributed by atoms with Gasteiger partial charge in [0.05, 0.1) is 13.2 Å². The lowest BCUT2D eigenvalue weighted by Crippen LogP contribution is -2.32. The van der Waals surface area contributed by atoms with Gasteiger partial charge in [0, 0.05) is 19.5 Å². The van der Waals surface area contributed by atoms with Crippen molar-refractivity contribution in [3.8, 4) is 0 Å². The van der Waals surface area contributed by atoms with Crippen LogP contribution in [0.3, 0.4) is 0 Å². The standard InChI is InChI=1S/C7H14OS.C5H11NO/c1-7(3-5-8)4-6-9-2;1-6-2-4-7-5-3-6/h5,7H,3-4,6H2,1-2H3;2-5H2,1H3. The molecule has 1 heterocycles. The van der Waals surface area contributed by atoms with E-state index >= 15 is 0 Å². The number of nitrogens with zero attached hydrogens (tertiary/aromatic N) is 1. The minimum atomic E-state index is 0.579. The number of likely N-dealkylation sites (N-methyl/N-ethyl adjacent to an activating group) is 1. The summed E-state index contributed by atoms with van der Waals surface area (Å²) in [7, 11) is 2.11. The number of thioether (sulfide) groups is 1. The van der Waals surface area contributed by atoms with Crippen LogP contribution in [0, 0.1) is 5.92 Å². The first-order valence-electron chi connectivity index (χ1n) is 5.89. The van der Waals surface area contributed by atoms with Crippen LogP contribution in [0.15, 0.2) is 0 Å². The predicted molar refractivity (Wildman–Crippen MR) is 71.2 cm³/mol. The summed E-state index contributed by atoms with van der Waals surface area (Å²) in [6.07, 6.45) is 4.99. The highest BCUT2D eigenvalue weighted by Gasteiger charge is 2.02. The number of ether oxygens (including phenoxy) is 1. The van der Waals surface area contributed by atoms with Gasteiger partial charge in [-0.05, 0) is 31.4 Å². The molecule has 0 aliphatic carbocycles. The fourth-order valence-corrected chi connectivity index (χ4v) is 1.89. The first-order chi connectivity index (χ1) is 7.70. The van der Waals surface area contributed by atoms with Crippen LogP contribution < -0.4 is 0 Å². The topological polar surface area (TPSA) is 29.5 Å². The molecule has 1 fully saturated rings. The fourth-order valence-electron chi connectivity index (χ4n) is 1.26. The smallest absolute Gasteiger partial charge is 0.120 e. The van der Waals surface area contributed by atoms with Gasteiger partial charge in [0.15, 0.2) is 0 Å². The minimum absolute atomic E-state index is 0.579. The molecule has 3 nitrogen and oxygen atoms in total. The molecule has 1 unspecified atom stereocenters. The maximum absolute atomic E-state index is 9.97. The average molecular weight is 247 g/mol. The number of carbonyl (C=O) groups is 1. The molecular formula is C12H25NO2S. The van der Waals surface area contributed by atoms with Crippen LogP contribution in [0.4, 0.5) is 0 Å². The second-order valence-corrected chi connectivity index (χ2v) is 5.19. The quantitative estimate of drug-likeness (QED) is 0.694. The summed E-state index contributed by atoms with van der Waals surface area (Å²) in [6, 6.07) is 0. The van der Waals surface area contributed by atoms with Gasteiger partial charge in [0.2, 0.25) is 0 Å². The molecule has 4 heteroatoms. The largest absolute Gasteiger partial charge is 0.379 e. The van der Waals surface area contributed by atoms with Crippen molar-refractivity contribution >= 4 is 18.0 Å². The predicted octanol–water partition coefficient (Wildman–Crippen LogP) is 1.91. The normalized spacial score (nSPS) is 18.4. The lowest BCUT2D eigenvalue weighted by molar-refractivity contribution is -0.108. The van der Waals surface area contributed by atoms with Gasteiger partial charge in [-0.25, -0.2) is 0 Å². The van der Waals surface area contributed by atoms with Crippen LogP contribution in [0.25, 0.3) is 0 Å². The van der Waals surface area contributed by atoms with Gasteiger partial charge >= 0.3 is 0 Å². The summed E-state index contributed by atoms with van der Waals surface area (Å²) in [6.45, 7) is 6.14. The molecule has 16 heavy (non-hydrogen) atoms. The van der Waals surface area contributed by atoms with Crippen molar-refractivity contribution in [3.05, 3.63) is 0 Å². The van der Waals surface area contributed by atoms with Crippen molar-refractivity contribution in [2.45, 2.75) is 19.8 Å². The molecule has 0 amide bonds. The van der Waals surface area contributed by atoms with Crippen molar-refractivity contribution in [2.75, 3.05) is 45.4 Å². The number of morpholine rings is 1. The van der Waals surface area contributed by atoms with E-state index in [4.69, 9.17) is 4.74 Å². The van der Waals surface area contributed by atoms with Gasteiger partial charge in [-0.3, -0.25) is 0 Å². The summed E-state index contributed by atoms with van der Waals surface area (Å²) in [5, 5.41) is 0. The van der Waals surface area contributed by atoms with Gasteiger partial charge < -0.3 is 14.4 Å². The Morgan fingerprint density at radius 2 is 2.06 bits per heavy atom. The van der Waals surface area contributed by atoms with Gasteiger partial charge in [-0.15, -0.1) is 0 Å². The molecule has 0 aromatic heterocycles. The van der Waals surface area contributed by atoms with Gasteiger partial charge in [0.25, 0.3) is 0 Å². The van der Waals surface area contributed by atoms with Crippen LogP contribution >= 0.6 is 11.8 Å². The van der Waals surface area contributed by atoms with E-state index in [0.717, 1.165) is 39.0 Å². The first kappa shape index (κ1) is 15.9. The maximum atomic E-state index is 9.97. The second-order valence-electron chi connectivity index (χ2n) is 4.20. The summed E-state index contributed by atoms with van der Waals surface area (Å²) < 4.78 is 5.10. The number of aldehydes is 1. The lowest BCUT2D eigenvalue weighted by Gasteiger charge is -2.21. The third-order valence-corrected chi connectivity index (χ3v) is 3.19. The van der Waals surface area contributed by atoms with Crippen LogP contribution in [0.1, 0.15) is 19.8 Å². The second kappa shape index (κ2) is 11.4. The summed E-state index contributed by atoms with van der Waals surface area (Å²) in [4.78, 5) is 12.2. The van der Waals surface area contributed by atoms with E-state index in [-0.39, 0.29) is 0 Å². The Hall–Kier alpha value is -0.0600. The molecule has 0 N–H and O–H groups in total. The SMILES string of the molecule is CN1CCOCC1.CSCCC(C)CC=O. The highest BCUT2D eigenvalue weighted by atomic mass is 32.2. The zero-order valence-electron chi connectivity index (χ0n) is 10.8. The molecule has 1 atom stereocenters. The maximum Gasteiger partial charge on any atom is 0.120 e. The van der Waals surface area contributed by atoms with Crippen molar-refractivity contribution in [1.29, 1.82) is 0 Å². The summed E-state index contributed by atoms with van der Waals surface area (Å²) >= 11 is 1.84. The minimum Gasteiger partial charge on any atom is -0.379 e. The van der Waals surface area contributed by atoms with Crippen molar-refractivity contribution < 1.29 is 9.53 Å². The molecule has 96 valence electrons. The highest BCUT2D eigenvalue weighted by molar-refractivity contribution is 7.98. The van der Waals surface area contributed by atoms with Crippen LogP contribution in [-0.4, -0.2) is 56.5 Å². The Morgan fingerprint density at radius 1 is 1.44 bits per heavy atom. The summed E-state index contributed by atoms with van der Waals surface area (Å²) in [5.74, 6) is 1.75. The molecule has 0 bridgehead atoms. The first-order valence-corrected chi connectivity index (χ1v) is 7.29. The Labute approximate surface area is 104 Å². The molecule has 0 spiro atoms. The van der Waals surface area contributed by atoms with Crippen LogP contribution in [0.5, 0.6) is 0 Å². The van der Waals surface area contributed by atoms with E-state index in [1.54, 1.807) is 0 Å². The Balaban J connectivity index is 0.000000288. The zero-order valence-corrected chi connectivity index (χ0v) is 11.6. The molecule has 0 aromatic carbocycles. The third kappa shape index (κ3) is 10.5. The third-order valence-electron chi connectivity index (χ3n) is 2.55. The molecule has 1 rings (SSSR count). The number of carbonyl (C=O) groups excluding carboxylic acids is 1. The molecule has 1 aliphatic heterocycles. The van der Waals surface area contributed by atoms with Crippen molar-refractivity contribution in [1.82, 2.24) is 4.90 Å². The monoisotopic (exact) mass is 247 g/mol. The molecule has 1 aliphatic rings. The number of rotatable bonds is 5. The molecule has 0 saturated carbocycles. The number of hydrogen-bond donors (Lipinski definition) is 0. The fraction of sp³-hybridized carbons (Fsp3) is 0.917. The van der Waals surface area contributed by atoms with Gasteiger partial charge in [-0.1, -0.05) is 6.92 Å². The summed E-state index contributed by atoms with van der Waals surface area (Å²) in [5.41, 5.74) is 0. The molecule has 1 saturated heterocycles. The van der Waals surface area contributed by atoms with E-state index in [9.17, 15) is 4.79 Å². The molecule has 0 aromatic rings. The van der Waals surface area contributed by atoms with Gasteiger partial charge in [0.1, 0.15) is 6.29 Å². The average Bonchev–Trinajstić information content (AvgIpc) is 2.29. The Kier molecular flexibility index (Phi) is 11.4. The van der Waals surface area contributed by atoms with E-state index in [2.05, 4.69) is 25.1 Å². The van der Waals surface area contributed by atoms with E-state index in [0.29, 0.717) is 5.92 Å². The van der Waals surface area contributed by atoms with Crippen molar-refractivity contribution in [2.24, 2.45) is 5.92 Å². The van der Waals surface area contributed by atoms with E-state index in [1.807, 2.05) is 11.8 Å². The van der Waals surface area contributed by atoms with Crippen LogP contribution in [0.2, 0.25) is 0 Å². The van der Waals surface area contributed by atoms with E-state index in [1.165, 1.54) is 12.2 Å². The van der Waals surface area contributed by atoms with Crippen molar-refractivity contribution in [3.63, 3.8) is 0 Å². The van der Waals surface area contributed by atoms with Gasteiger partial charge in [-0.2, -0.15) is 11.8 Å². The van der Waals surface area contributed by atoms with E-state index < -0.39 is 0 Å². The lowest BCUT2D eigenvalue weighted by atomic mass is 10.1. The number of hydrogen-bond acceptors (Lipinski definition) is 4. The Morgan fingerprint density at radius 3 is 2.44 bits per heavy atom.